The van der Waals surface area contributed by atoms with Crippen molar-refractivity contribution in [3.8, 4) is 5.75 Å². The molecule has 0 aliphatic rings. The summed E-state index contributed by atoms with van der Waals surface area (Å²) in [6, 6.07) is 12.5. The van der Waals surface area contributed by atoms with Crippen LogP contribution in [-0.4, -0.2) is 40.8 Å². The maximum Gasteiger partial charge on any atom is 0.297 e. The van der Waals surface area contributed by atoms with Gasteiger partial charge in [-0.1, -0.05) is 54.9 Å². The lowest BCUT2D eigenvalue weighted by Crippen LogP contribution is -2.36. The summed E-state index contributed by atoms with van der Waals surface area (Å²) in [6.07, 6.45) is 4.96. The maximum absolute atomic E-state index is 13.2. The molecular weight excluding hydrogens is 468 g/mol. The molecule has 2 aromatic heterocycles. The van der Waals surface area contributed by atoms with Crippen LogP contribution in [0.25, 0.3) is 0 Å². The minimum Gasteiger partial charge on any atom is -0.489 e. The Morgan fingerprint density at radius 3 is 2.60 bits per heavy atom. The molecule has 1 aromatic carbocycles. The number of carbonyl (C=O) groups is 1. The number of allylic oxidation sites excluding steroid dienone is 2. The smallest absolute Gasteiger partial charge is 0.297 e. The van der Waals surface area contributed by atoms with Crippen LogP contribution in [-0.2, 0) is 7.05 Å². The number of benzene rings is 1. The zero-order valence-electron chi connectivity index (χ0n) is 19.9. The molecule has 0 fully saturated rings. The summed E-state index contributed by atoms with van der Waals surface area (Å²) in [4.78, 5) is 37.0. The van der Waals surface area contributed by atoms with Gasteiger partial charge in [0.1, 0.15) is 6.04 Å². The number of ether oxygens (including phenoxy) is 1. The number of anilines is 1. The van der Waals surface area contributed by atoms with E-state index >= 15 is 0 Å². The SMILES string of the molecule is CC/C=C(\C=N)NC(=O)c1nc(N(C)C(c2ccccc2)c2ncccc2Cl)n(C)c(=O)c1OC. The Morgan fingerprint density at radius 1 is 1.29 bits per heavy atom. The molecule has 0 aliphatic heterocycles. The number of methoxy groups -OCH3 is 1. The van der Waals surface area contributed by atoms with Crippen LogP contribution < -0.4 is 20.5 Å². The van der Waals surface area contributed by atoms with E-state index < -0.39 is 17.5 Å². The van der Waals surface area contributed by atoms with Crippen molar-refractivity contribution < 1.29 is 9.53 Å². The lowest BCUT2D eigenvalue weighted by Gasteiger charge is -2.31. The molecule has 1 amide bonds. The summed E-state index contributed by atoms with van der Waals surface area (Å²) in [5, 5.41) is 10.6. The zero-order chi connectivity index (χ0) is 25.5. The highest BCUT2D eigenvalue weighted by molar-refractivity contribution is 6.31. The van der Waals surface area contributed by atoms with Gasteiger partial charge in [-0.05, 0) is 24.1 Å². The first-order valence-corrected chi connectivity index (χ1v) is 11.3. The van der Waals surface area contributed by atoms with Gasteiger partial charge in [-0.2, -0.15) is 0 Å². The average Bonchev–Trinajstić information content (AvgIpc) is 2.87. The lowest BCUT2D eigenvalue weighted by molar-refractivity contribution is 0.0959. The fourth-order valence-corrected chi connectivity index (χ4v) is 3.92. The van der Waals surface area contributed by atoms with Crippen molar-refractivity contribution in [1.82, 2.24) is 19.9 Å². The Kier molecular flexibility index (Phi) is 8.38. The number of aromatic nitrogens is 3. The van der Waals surface area contributed by atoms with E-state index in [-0.39, 0.29) is 17.4 Å². The third kappa shape index (κ3) is 5.41. The summed E-state index contributed by atoms with van der Waals surface area (Å²) in [6.45, 7) is 1.88. The molecule has 9 nitrogen and oxygen atoms in total. The molecule has 0 radical (unpaired) electrons. The van der Waals surface area contributed by atoms with Gasteiger partial charge in [0.15, 0.2) is 5.69 Å². The van der Waals surface area contributed by atoms with Gasteiger partial charge in [0.25, 0.3) is 11.5 Å². The van der Waals surface area contributed by atoms with Crippen molar-refractivity contribution in [2.75, 3.05) is 19.1 Å². The van der Waals surface area contributed by atoms with E-state index in [1.54, 1.807) is 43.4 Å². The Morgan fingerprint density at radius 2 is 2.00 bits per heavy atom. The number of hydrogen-bond acceptors (Lipinski definition) is 7. The van der Waals surface area contributed by atoms with Crippen LogP contribution in [0.2, 0.25) is 5.02 Å². The molecule has 0 bridgehead atoms. The van der Waals surface area contributed by atoms with Gasteiger partial charge in [-0.25, -0.2) is 4.98 Å². The number of halogens is 1. The van der Waals surface area contributed by atoms with Crippen LogP contribution in [0.5, 0.6) is 5.75 Å². The van der Waals surface area contributed by atoms with Crippen LogP contribution in [0, 0.1) is 5.41 Å². The normalized spacial score (nSPS) is 12.1. The van der Waals surface area contributed by atoms with Crippen LogP contribution in [0.15, 0.2) is 65.2 Å². The molecule has 2 N–H and O–H groups in total. The molecule has 10 heteroatoms. The number of carbonyl (C=O) groups excluding carboxylic acids is 1. The third-order valence-electron chi connectivity index (χ3n) is 5.35. The maximum atomic E-state index is 13.2. The first kappa shape index (κ1) is 25.6. The van der Waals surface area contributed by atoms with Gasteiger partial charge in [0.2, 0.25) is 11.7 Å². The highest BCUT2D eigenvalue weighted by Crippen LogP contribution is 2.33. The fourth-order valence-electron chi connectivity index (χ4n) is 3.69. The summed E-state index contributed by atoms with van der Waals surface area (Å²) in [5.74, 6) is -0.660. The minimum atomic E-state index is -0.662. The summed E-state index contributed by atoms with van der Waals surface area (Å²) >= 11 is 6.51. The Bertz CT molecular complexity index is 1310. The van der Waals surface area contributed by atoms with Crippen LogP contribution in [0.1, 0.15) is 41.1 Å². The monoisotopic (exact) mass is 494 g/mol. The van der Waals surface area contributed by atoms with Gasteiger partial charge < -0.3 is 20.4 Å². The second-order valence-electron chi connectivity index (χ2n) is 7.62. The van der Waals surface area contributed by atoms with Crippen LogP contribution in [0.4, 0.5) is 5.95 Å². The highest BCUT2D eigenvalue weighted by atomic mass is 35.5. The number of rotatable bonds is 9. The average molecular weight is 495 g/mol. The highest BCUT2D eigenvalue weighted by Gasteiger charge is 2.29. The number of pyridine rings is 1. The first-order chi connectivity index (χ1) is 16.8. The van der Waals surface area contributed by atoms with E-state index in [0.717, 1.165) is 11.8 Å². The third-order valence-corrected chi connectivity index (χ3v) is 5.67. The van der Waals surface area contributed by atoms with E-state index in [4.69, 9.17) is 21.7 Å². The Hall–Kier alpha value is -3.98. The number of nitrogens with zero attached hydrogens (tertiary/aromatic N) is 4. The Balaban J connectivity index is 2.19. The summed E-state index contributed by atoms with van der Waals surface area (Å²) < 4.78 is 6.56. The van der Waals surface area contributed by atoms with Gasteiger partial charge in [0.05, 0.1) is 23.5 Å². The number of hydrogen-bond donors (Lipinski definition) is 2. The largest absolute Gasteiger partial charge is 0.489 e. The molecule has 1 atom stereocenters. The molecule has 0 aliphatic carbocycles. The van der Waals surface area contributed by atoms with Crippen molar-refractivity contribution in [3.63, 3.8) is 0 Å². The zero-order valence-corrected chi connectivity index (χ0v) is 20.7. The lowest BCUT2D eigenvalue weighted by atomic mass is 10.0. The summed E-state index contributed by atoms with van der Waals surface area (Å²) in [5.41, 5.74) is 0.989. The molecule has 1 unspecified atom stereocenters. The quantitative estimate of drug-likeness (QED) is 0.438. The fraction of sp³-hybridized carbons (Fsp3) is 0.240. The standard InChI is InChI=1S/C25H27ClN6O3/c1-5-10-17(15-27)29-23(33)20-22(35-4)24(34)32(3)25(30-20)31(2)21(16-11-7-6-8-12-16)19-18(26)13-9-14-28-19/h6-15,21,27H,5H2,1-4H3,(H,29,33)/b17-10+,27-15?. The predicted octanol–water partition coefficient (Wildman–Crippen LogP) is 3.74. The van der Waals surface area contributed by atoms with Gasteiger partial charge in [-0.3, -0.25) is 19.1 Å². The Labute approximate surface area is 208 Å². The van der Waals surface area contributed by atoms with Crippen molar-refractivity contribution in [1.29, 1.82) is 5.41 Å². The number of nitrogens with one attached hydrogen (secondary N) is 2. The topological polar surface area (TPSA) is 113 Å². The van der Waals surface area contributed by atoms with Gasteiger partial charge in [0, 0.05) is 26.5 Å². The van der Waals surface area contributed by atoms with Crippen molar-refractivity contribution in [2.24, 2.45) is 7.05 Å². The van der Waals surface area contributed by atoms with E-state index in [2.05, 4.69) is 15.3 Å². The molecular formula is C25H27ClN6O3. The predicted molar refractivity (Wildman–Crippen MR) is 137 cm³/mol. The first-order valence-electron chi connectivity index (χ1n) is 10.9. The number of amides is 1. The van der Waals surface area contributed by atoms with E-state index in [1.807, 2.05) is 37.3 Å². The van der Waals surface area contributed by atoms with Gasteiger partial charge >= 0.3 is 0 Å². The van der Waals surface area contributed by atoms with E-state index in [9.17, 15) is 9.59 Å². The van der Waals surface area contributed by atoms with Crippen LogP contribution >= 0.6 is 11.6 Å². The van der Waals surface area contributed by atoms with Crippen molar-refractivity contribution in [2.45, 2.75) is 19.4 Å². The van der Waals surface area contributed by atoms with E-state index in [0.29, 0.717) is 22.8 Å². The molecule has 0 saturated carbocycles. The van der Waals surface area contributed by atoms with E-state index in [1.165, 1.54) is 11.7 Å². The molecule has 3 rings (SSSR count). The van der Waals surface area contributed by atoms with Crippen LogP contribution in [0.3, 0.4) is 0 Å². The molecule has 0 saturated heterocycles. The van der Waals surface area contributed by atoms with Gasteiger partial charge in [-0.15, -0.1) is 0 Å². The molecule has 35 heavy (non-hydrogen) atoms. The van der Waals surface area contributed by atoms with Crippen molar-refractivity contribution in [3.05, 3.63) is 92.8 Å². The summed E-state index contributed by atoms with van der Waals surface area (Å²) in [7, 11) is 4.60. The minimum absolute atomic E-state index is 0.194. The molecule has 0 spiro atoms. The molecule has 3 aromatic rings. The second kappa shape index (κ2) is 11.4. The second-order valence-corrected chi connectivity index (χ2v) is 8.03. The molecule has 182 valence electrons. The van der Waals surface area contributed by atoms with Crippen molar-refractivity contribution >= 4 is 29.7 Å². The molecule has 2 heterocycles.